The number of aryl methyl sites for hydroxylation is 4. The average Bonchev–Trinajstić information content (AvgIpc) is 3.07. The Labute approximate surface area is 158 Å². The zero-order valence-electron chi connectivity index (χ0n) is 15.5. The molecule has 0 aliphatic heterocycles. The van der Waals surface area contributed by atoms with Gasteiger partial charge in [0.05, 0.1) is 11.3 Å². The van der Waals surface area contributed by atoms with Gasteiger partial charge >= 0.3 is 0 Å². The van der Waals surface area contributed by atoms with Gasteiger partial charge in [-0.15, -0.1) is 11.3 Å². The molecule has 0 fully saturated rings. The fourth-order valence-corrected chi connectivity index (χ4v) is 5.82. The van der Waals surface area contributed by atoms with E-state index in [1.54, 1.807) is 12.1 Å². The van der Waals surface area contributed by atoms with Crippen LogP contribution in [0.25, 0.3) is 11.3 Å². The minimum absolute atomic E-state index is 0.263. The second-order valence-electron chi connectivity index (χ2n) is 6.30. The van der Waals surface area contributed by atoms with Crippen LogP contribution in [-0.2, 0) is 16.4 Å². The smallest absolute Gasteiger partial charge is 0.263 e. The molecule has 0 unspecified atom stereocenters. The number of hydrogen-bond donors (Lipinski definition) is 1. The number of aromatic nitrogens is 1. The van der Waals surface area contributed by atoms with Crippen LogP contribution >= 0.6 is 11.3 Å². The third kappa shape index (κ3) is 3.29. The fourth-order valence-electron chi connectivity index (χ4n) is 2.91. The Kier molecular flexibility index (Phi) is 4.94. The molecule has 0 saturated carbocycles. The summed E-state index contributed by atoms with van der Waals surface area (Å²) in [6.07, 6.45) is 0.907. The van der Waals surface area contributed by atoms with Crippen LogP contribution in [0.1, 0.15) is 33.5 Å². The Balaban J connectivity index is 2.09. The number of anilines is 1. The lowest BCUT2D eigenvalue weighted by Crippen LogP contribution is -2.14. The Hall–Kier alpha value is -2.12. The minimum Gasteiger partial charge on any atom is -0.356 e. The van der Waals surface area contributed by atoms with Crippen molar-refractivity contribution in [2.75, 3.05) is 4.72 Å². The van der Waals surface area contributed by atoms with E-state index in [0.29, 0.717) is 17.0 Å². The van der Waals surface area contributed by atoms with E-state index in [4.69, 9.17) is 4.52 Å². The van der Waals surface area contributed by atoms with Gasteiger partial charge in [-0.3, -0.25) is 4.72 Å². The van der Waals surface area contributed by atoms with Crippen molar-refractivity contribution in [2.24, 2.45) is 0 Å². The zero-order valence-corrected chi connectivity index (χ0v) is 17.1. The normalized spacial score (nSPS) is 11.7. The first kappa shape index (κ1) is 18.7. The molecular weight excluding hydrogens is 368 g/mol. The number of benzene rings is 1. The molecule has 5 nitrogen and oxygen atoms in total. The molecule has 0 aliphatic rings. The van der Waals surface area contributed by atoms with Gasteiger partial charge in [0, 0.05) is 21.0 Å². The first-order valence-electron chi connectivity index (χ1n) is 8.39. The lowest BCUT2D eigenvalue weighted by Gasteiger charge is -2.10. The molecule has 1 N–H and O–H groups in total. The molecule has 0 aliphatic carbocycles. The van der Waals surface area contributed by atoms with Gasteiger partial charge in [0.15, 0.2) is 5.76 Å². The molecule has 3 rings (SSSR count). The maximum absolute atomic E-state index is 13.1. The van der Waals surface area contributed by atoms with Crippen LogP contribution in [0.15, 0.2) is 33.7 Å². The van der Waals surface area contributed by atoms with Crippen molar-refractivity contribution in [3.8, 4) is 11.3 Å². The van der Waals surface area contributed by atoms with Crippen molar-refractivity contribution in [1.29, 1.82) is 0 Å². The van der Waals surface area contributed by atoms with Gasteiger partial charge < -0.3 is 4.52 Å². The summed E-state index contributed by atoms with van der Waals surface area (Å²) in [5.41, 5.74) is 3.92. The third-order valence-electron chi connectivity index (χ3n) is 4.47. The number of thiophene rings is 1. The molecular formula is C19H22N2O3S2. The molecule has 26 heavy (non-hydrogen) atoms. The average molecular weight is 391 g/mol. The highest BCUT2D eigenvalue weighted by molar-refractivity contribution is 7.93. The van der Waals surface area contributed by atoms with E-state index >= 15 is 0 Å². The quantitative estimate of drug-likeness (QED) is 0.665. The van der Waals surface area contributed by atoms with Crippen molar-refractivity contribution < 1.29 is 12.9 Å². The predicted octanol–water partition coefficient (Wildman–Crippen LogP) is 5.00. The Morgan fingerprint density at radius 2 is 1.73 bits per heavy atom. The van der Waals surface area contributed by atoms with E-state index < -0.39 is 10.0 Å². The van der Waals surface area contributed by atoms with Crippen LogP contribution < -0.4 is 4.72 Å². The minimum atomic E-state index is -3.76. The van der Waals surface area contributed by atoms with Gasteiger partial charge in [0.25, 0.3) is 10.0 Å². The fraction of sp³-hybridized carbons (Fsp3) is 0.316. The highest BCUT2D eigenvalue weighted by Crippen LogP contribution is 2.41. The number of hydrogen-bond acceptors (Lipinski definition) is 5. The second-order valence-corrected chi connectivity index (χ2v) is 9.34. The van der Waals surface area contributed by atoms with Crippen molar-refractivity contribution in [1.82, 2.24) is 5.16 Å². The molecule has 1 aromatic carbocycles. The predicted molar refractivity (Wildman–Crippen MR) is 105 cm³/mol. The van der Waals surface area contributed by atoms with Crippen LogP contribution in [0, 0.1) is 27.7 Å². The van der Waals surface area contributed by atoms with Crippen molar-refractivity contribution in [3.05, 3.63) is 50.8 Å². The van der Waals surface area contributed by atoms with E-state index in [2.05, 4.69) is 16.8 Å². The largest absolute Gasteiger partial charge is 0.356 e. The molecule has 3 aromatic rings. The van der Waals surface area contributed by atoms with Crippen LogP contribution in [-0.4, -0.2) is 13.6 Å². The Bertz CT molecular complexity index is 1050. The lowest BCUT2D eigenvalue weighted by molar-refractivity contribution is 0.426. The summed E-state index contributed by atoms with van der Waals surface area (Å²) < 4.78 is 34.4. The van der Waals surface area contributed by atoms with Gasteiger partial charge in [-0.05, 0) is 51.8 Å². The zero-order chi connectivity index (χ0) is 19.1. The van der Waals surface area contributed by atoms with Crippen molar-refractivity contribution >= 4 is 27.0 Å². The first-order valence-corrected chi connectivity index (χ1v) is 10.7. The molecule has 2 aromatic heterocycles. The van der Waals surface area contributed by atoms with Gasteiger partial charge in [0.2, 0.25) is 0 Å². The van der Waals surface area contributed by atoms with E-state index in [1.165, 1.54) is 11.3 Å². The summed E-state index contributed by atoms with van der Waals surface area (Å²) in [4.78, 5) is 1.88. The Morgan fingerprint density at radius 1 is 1.08 bits per heavy atom. The summed E-state index contributed by atoms with van der Waals surface area (Å²) in [5, 5.41) is 3.98. The second kappa shape index (κ2) is 6.89. The van der Waals surface area contributed by atoms with Gasteiger partial charge in [0.1, 0.15) is 4.90 Å². The molecule has 0 radical (unpaired) electrons. The summed E-state index contributed by atoms with van der Waals surface area (Å²) in [7, 11) is -3.76. The Morgan fingerprint density at radius 3 is 2.27 bits per heavy atom. The van der Waals surface area contributed by atoms with E-state index in [9.17, 15) is 8.42 Å². The van der Waals surface area contributed by atoms with E-state index in [-0.39, 0.29) is 4.90 Å². The highest BCUT2D eigenvalue weighted by Gasteiger charge is 2.29. The van der Waals surface area contributed by atoms with Gasteiger partial charge in [-0.25, -0.2) is 8.42 Å². The molecule has 2 heterocycles. The molecule has 0 atom stereocenters. The van der Waals surface area contributed by atoms with Crippen LogP contribution in [0.3, 0.4) is 0 Å². The lowest BCUT2D eigenvalue weighted by atomic mass is 10.1. The monoisotopic (exact) mass is 390 g/mol. The standard InChI is InChI=1S/C19H22N2O3S2/c1-6-15-7-9-16(10-8-15)21-26(22,23)19-14(5)25-13(4)17(19)18-11(2)12(3)20-24-18/h7-10,21H,6H2,1-5H3. The van der Waals surface area contributed by atoms with Gasteiger partial charge in [-0.1, -0.05) is 24.2 Å². The maximum Gasteiger partial charge on any atom is 0.263 e. The van der Waals surface area contributed by atoms with Crippen LogP contribution in [0.5, 0.6) is 0 Å². The van der Waals surface area contributed by atoms with Crippen molar-refractivity contribution in [2.45, 2.75) is 45.9 Å². The number of nitrogens with one attached hydrogen (secondary N) is 1. The molecule has 7 heteroatoms. The van der Waals surface area contributed by atoms with Gasteiger partial charge in [-0.2, -0.15) is 0 Å². The summed E-state index contributed by atoms with van der Waals surface area (Å²) in [5.74, 6) is 0.519. The molecule has 0 amide bonds. The summed E-state index contributed by atoms with van der Waals surface area (Å²) in [6.45, 7) is 9.51. The highest BCUT2D eigenvalue weighted by atomic mass is 32.2. The van der Waals surface area contributed by atoms with E-state index in [0.717, 1.165) is 33.0 Å². The SMILES string of the molecule is CCc1ccc(NS(=O)(=O)c2c(C)sc(C)c2-c2onc(C)c2C)cc1. The summed E-state index contributed by atoms with van der Waals surface area (Å²) >= 11 is 1.45. The molecule has 0 bridgehead atoms. The van der Waals surface area contributed by atoms with Crippen LogP contribution in [0.2, 0.25) is 0 Å². The third-order valence-corrected chi connectivity index (χ3v) is 7.17. The summed E-state index contributed by atoms with van der Waals surface area (Å²) in [6, 6.07) is 7.42. The van der Waals surface area contributed by atoms with Crippen molar-refractivity contribution in [3.63, 3.8) is 0 Å². The maximum atomic E-state index is 13.1. The van der Waals surface area contributed by atoms with E-state index in [1.807, 2.05) is 39.8 Å². The topological polar surface area (TPSA) is 72.2 Å². The number of sulfonamides is 1. The number of nitrogens with zero attached hydrogens (tertiary/aromatic N) is 1. The molecule has 0 spiro atoms. The molecule has 138 valence electrons. The number of rotatable bonds is 5. The molecule has 0 saturated heterocycles. The van der Waals surface area contributed by atoms with Crippen LogP contribution in [0.4, 0.5) is 5.69 Å². The first-order chi connectivity index (χ1) is 12.2.